The van der Waals surface area contributed by atoms with Gasteiger partial charge in [0.25, 0.3) is 0 Å². The van der Waals surface area contributed by atoms with Gasteiger partial charge in [-0.25, -0.2) is 0 Å². The molecule has 5 heteroatoms. The van der Waals surface area contributed by atoms with Crippen LogP contribution in [0.25, 0.3) is 0 Å². The zero-order chi connectivity index (χ0) is 14.4. The normalized spacial score (nSPS) is 17.2. The number of rotatable bonds is 7. The molecular formula is C15H28N4O. The Morgan fingerprint density at radius 2 is 2.10 bits per heavy atom. The van der Waals surface area contributed by atoms with Gasteiger partial charge in [-0.1, -0.05) is 25.9 Å². The van der Waals surface area contributed by atoms with Crippen LogP contribution in [0.3, 0.4) is 0 Å². The van der Waals surface area contributed by atoms with Gasteiger partial charge in [-0.05, 0) is 44.8 Å². The molecule has 0 amide bonds. The van der Waals surface area contributed by atoms with E-state index in [1.807, 2.05) is 0 Å². The van der Waals surface area contributed by atoms with Crippen molar-refractivity contribution in [2.24, 2.45) is 5.92 Å². The summed E-state index contributed by atoms with van der Waals surface area (Å²) in [4.78, 5) is 6.97. The number of nitrogens with one attached hydrogen (secondary N) is 1. The first-order chi connectivity index (χ1) is 9.69. The Labute approximate surface area is 122 Å². The molecule has 1 fully saturated rings. The minimum Gasteiger partial charge on any atom is -0.339 e. The first-order valence-electron chi connectivity index (χ1n) is 7.94. The van der Waals surface area contributed by atoms with E-state index in [4.69, 9.17) is 4.52 Å². The summed E-state index contributed by atoms with van der Waals surface area (Å²) in [6.45, 7) is 11.8. The Kier molecular flexibility index (Phi) is 5.98. The van der Waals surface area contributed by atoms with Gasteiger partial charge in [-0.15, -0.1) is 0 Å². The highest BCUT2D eigenvalue weighted by Gasteiger charge is 2.19. The van der Waals surface area contributed by atoms with Gasteiger partial charge >= 0.3 is 0 Å². The average Bonchev–Trinajstić information content (AvgIpc) is 2.89. The van der Waals surface area contributed by atoms with E-state index >= 15 is 0 Å². The maximum Gasteiger partial charge on any atom is 0.229 e. The van der Waals surface area contributed by atoms with Gasteiger partial charge < -0.3 is 9.84 Å². The Hall–Kier alpha value is -0.940. The molecule has 0 radical (unpaired) electrons. The van der Waals surface area contributed by atoms with Crippen LogP contribution in [0, 0.1) is 5.92 Å². The van der Waals surface area contributed by atoms with Crippen LogP contribution < -0.4 is 5.32 Å². The molecule has 20 heavy (non-hydrogen) atoms. The van der Waals surface area contributed by atoms with Crippen LogP contribution >= 0.6 is 0 Å². The summed E-state index contributed by atoms with van der Waals surface area (Å²) in [7, 11) is 0. The van der Waals surface area contributed by atoms with Crippen molar-refractivity contribution in [2.75, 3.05) is 26.2 Å². The van der Waals surface area contributed by atoms with Crippen LogP contribution in [0.1, 0.15) is 57.7 Å². The van der Waals surface area contributed by atoms with Gasteiger partial charge in [0.15, 0.2) is 5.82 Å². The van der Waals surface area contributed by atoms with Crippen molar-refractivity contribution in [3.63, 3.8) is 0 Å². The molecular weight excluding hydrogens is 252 g/mol. The van der Waals surface area contributed by atoms with E-state index in [0.29, 0.717) is 5.92 Å². The van der Waals surface area contributed by atoms with Crippen LogP contribution in [-0.2, 0) is 6.54 Å². The van der Waals surface area contributed by atoms with E-state index in [9.17, 15) is 0 Å². The first-order valence-corrected chi connectivity index (χ1v) is 7.94. The van der Waals surface area contributed by atoms with E-state index in [1.54, 1.807) is 0 Å². The van der Waals surface area contributed by atoms with Gasteiger partial charge in [0.05, 0.1) is 6.54 Å². The molecule has 0 spiro atoms. The molecule has 114 valence electrons. The topological polar surface area (TPSA) is 54.2 Å². The Bertz CT molecular complexity index is 385. The Morgan fingerprint density at radius 1 is 1.35 bits per heavy atom. The summed E-state index contributed by atoms with van der Waals surface area (Å²) in [5.41, 5.74) is 0. The second-order valence-corrected chi connectivity index (χ2v) is 6.13. The molecule has 1 saturated heterocycles. The fraction of sp³-hybridized carbons (Fsp3) is 0.867. The fourth-order valence-corrected chi connectivity index (χ4v) is 2.75. The third-order valence-corrected chi connectivity index (χ3v) is 3.86. The van der Waals surface area contributed by atoms with E-state index in [-0.39, 0.29) is 0 Å². The summed E-state index contributed by atoms with van der Waals surface area (Å²) in [6, 6.07) is 0. The van der Waals surface area contributed by atoms with Crippen LogP contribution in [0.5, 0.6) is 0 Å². The highest BCUT2D eigenvalue weighted by atomic mass is 16.5. The van der Waals surface area contributed by atoms with Crippen LogP contribution in [0.2, 0.25) is 0 Å². The number of hydrogen-bond acceptors (Lipinski definition) is 5. The molecule has 0 bridgehead atoms. The quantitative estimate of drug-likeness (QED) is 0.831. The average molecular weight is 280 g/mol. The zero-order valence-electron chi connectivity index (χ0n) is 13.1. The molecule has 0 atom stereocenters. The Morgan fingerprint density at radius 3 is 2.70 bits per heavy atom. The van der Waals surface area contributed by atoms with Crippen molar-refractivity contribution in [2.45, 2.75) is 52.5 Å². The van der Waals surface area contributed by atoms with Crippen molar-refractivity contribution in [3.05, 3.63) is 11.7 Å². The van der Waals surface area contributed by atoms with Gasteiger partial charge in [0.2, 0.25) is 5.89 Å². The van der Waals surface area contributed by atoms with E-state index in [1.165, 1.54) is 19.3 Å². The van der Waals surface area contributed by atoms with Crippen molar-refractivity contribution in [3.8, 4) is 0 Å². The summed E-state index contributed by atoms with van der Waals surface area (Å²) < 4.78 is 5.30. The first kappa shape index (κ1) is 15.4. The standard InChI is InChI=1S/C15H28N4O/c1-4-9-19(10-13-5-7-16-8-6-13)11-14-17-15(12(2)3)20-18-14/h12-13,16H,4-11H2,1-3H3. The third-order valence-electron chi connectivity index (χ3n) is 3.86. The van der Waals surface area contributed by atoms with Crippen LogP contribution in [-0.4, -0.2) is 41.2 Å². The highest BCUT2D eigenvalue weighted by molar-refractivity contribution is 4.91. The second-order valence-electron chi connectivity index (χ2n) is 6.13. The van der Waals surface area contributed by atoms with Crippen molar-refractivity contribution in [1.29, 1.82) is 0 Å². The molecule has 0 unspecified atom stereocenters. The second kappa shape index (κ2) is 7.74. The summed E-state index contributed by atoms with van der Waals surface area (Å²) in [5, 5.41) is 7.54. The monoisotopic (exact) mass is 280 g/mol. The number of aromatic nitrogens is 2. The summed E-state index contributed by atoms with van der Waals surface area (Å²) in [6.07, 6.45) is 3.73. The molecule has 0 aromatic carbocycles. The number of nitrogens with zero attached hydrogens (tertiary/aromatic N) is 3. The molecule has 1 aromatic rings. The lowest BCUT2D eigenvalue weighted by Crippen LogP contribution is -2.36. The lowest BCUT2D eigenvalue weighted by molar-refractivity contribution is 0.193. The predicted molar refractivity (Wildman–Crippen MR) is 79.5 cm³/mol. The van der Waals surface area contributed by atoms with Crippen molar-refractivity contribution < 1.29 is 4.52 Å². The summed E-state index contributed by atoms with van der Waals surface area (Å²) >= 11 is 0. The molecule has 1 aliphatic rings. The highest BCUT2D eigenvalue weighted by Crippen LogP contribution is 2.16. The third kappa shape index (κ3) is 4.56. The molecule has 0 aliphatic carbocycles. The van der Waals surface area contributed by atoms with Gasteiger partial charge in [0.1, 0.15) is 0 Å². The van der Waals surface area contributed by atoms with Gasteiger partial charge in [-0.2, -0.15) is 4.98 Å². The van der Waals surface area contributed by atoms with Crippen molar-refractivity contribution >= 4 is 0 Å². The SMILES string of the molecule is CCCN(Cc1noc(C(C)C)n1)CC1CCNCC1. The van der Waals surface area contributed by atoms with E-state index in [0.717, 1.165) is 50.4 Å². The number of piperidine rings is 1. The molecule has 1 aliphatic heterocycles. The fourth-order valence-electron chi connectivity index (χ4n) is 2.75. The maximum absolute atomic E-state index is 5.30. The van der Waals surface area contributed by atoms with E-state index in [2.05, 4.69) is 41.1 Å². The van der Waals surface area contributed by atoms with Gasteiger partial charge in [-0.3, -0.25) is 4.90 Å². The molecule has 5 nitrogen and oxygen atoms in total. The maximum atomic E-state index is 5.30. The number of hydrogen-bond donors (Lipinski definition) is 1. The Balaban J connectivity index is 1.89. The lowest BCUT2D eigenvalue weighted by Gasteiger charge is -2.29. The van der Waals surface area contributed by atoms with Crippen LogP contribution in [0.4, 0.5) is 0 Å². The van der Waals surface area contributed by atoms with E-state index < -0.39 is 0 Å². The molecule has 1 N–H and O–H groups in total. The lowest BCUT2D eigenvalue weighted by atomic mass is 9.97. The minimum absolute atomic E-state index is 0.306. The predicted octanol–water partition coefficient (Wildman–Crippen LogP) is 2.40. The van der Waals surface area contributed by atoms with Gasteiger partial charge in [0, 0.05) is 12.5 Å². The zero-order valence-corrected chi connectivity index (χ0v) is 13.1. The molecule has 2 heterocycles. The molecule has 0 saturated carbocycles. The summed E-state index contributed by atoms with van der Waals surface area (Å²) in [5.74, 6) is 2.69. The molecule has 2 rings (SSSR count). The molecule has 1 aromatic heterocycles. The van der Waals surface area contributed by atoms with Crippen LogP contribution in [0.15, 0.2) is 4.52 Å². The minimum atomic E-state index is 0.306. The largest absolute Gasteiger partial charge is 0.339 e. The van der Waals surface area contributed by atoms with Crippen molar-refractivity contribution in [1.82, 2.24) is 20.4 Å². The smallest absolute Gasteiger partial charge is 0.229 e.